The van der Waals surface area contributed by atoms with Crippen LogP contribution in [0, 0.1) is 0 Å². The lowest BCUT2D eigenvalue weighted by molar-refractivity contribution is -0.0248. The van der Waals surface area contributed by atoms with Gasteiger partial charge in [0.2, 0.25) is 0 Å². The zero-order chi connectivity index (χ0) is 11.7. The average molecular weight is 228 g/mol. The van der Waals surface area contributed by atoms with Crippen molar-refractivity contribution in [2.45, 2.75) is 6.29 Å². The fraction of sp³-hybridized carbons (Fsp3) is 0.154. The third kappa shape index (κ3) is 1.78. The molecule has 0 atom stereocenters. The third-order valence-electron chi connectivity index (χ3n) is 2.72. The van der Waals surface area contributed by atoms with Gasteiger partial charge >= 0.3 is 0 Å². The molecule has 0 saturated heterocycles. The van der Waals surface area contributed by atoms with E-state index in [0.29, 0.717) is 0 Å². The smallest absolute Gasteiger partial charge is 0.267 e. The van der Waals surface area contributed by atoms with Crippen molar-refractivity contribution in [2.24, 2.45) is 7.05 Å². The number of pyridine rings is 1. The summed E-state index contributed by atoms with van der Waals surface area (Å²) < 4.78 is 12.5. The summed E-state index contributed by atoms with van der Waals surface area (Å²) in [7, 11) is 2.00. The summed E-state index contributed by atoms with van der Waals surface area (Å²) >= 11 is 0. The van der Waals surface area contributed by atoms with Gasteiger partial charge < -0.3 is 14.0 Å². The second-order valence-corrected chi connectivity index (χ2v) is 3.86. The Bertz CT molecular complexity index is 535. The van der Waals surface area contributed by atoms with Crippen molar-refractivity contribution in [1.29, 1.82) is 0 Å². The minimum absolute atomic E-state index is 0.357. The first-order chi connectivity index (χ1) is 8.34. The number of aryl methyl sites for hydroxylation is 1. The molecule has 0 radical (unpaired) electrons. The van der Waals surface area contributed by atoms with Crippen LogP contribution in [0.15, 0.2) is 49.2 Å². The molecule has 2 aromatic heterocycles. The van der Waals surface area contributed by atoms with E-state index in [-0.39, 0.29) is 6.29 Å². The number of aromatic nitrogens is 2. The summed E-state index contributed by atoms with van der Waals surface area (Å²) in [5.41, 5.74) is 2.93. The van der Waals surface area contributed by atoms with Gasteiger partial charge in [-0.25, -0.2) is 0 Å². The van der Waals surface area contributed by atoms with Gasteiger partial charge in [-0.1, -0.05) is 0 Å². The second-order valence-electron chi connectivity index (χ2n) is 3.86. The highest BCUT2D eigenvalue weighted by molar-refractivity contribution is 5.55. The zero-order valence-corrected chi connectivity index (χ0v) is 9.41. The van der Waals surface area contributed by atoms with Crippen molar-refractivity contribution in [2.75, 3.05) is 0 Å². The van der Waals surface area contributed by atoms with Gasteiger partial charge in [-0.3, -0.25) is 4.98 Å². The molecule has 0 unspecified atom stereocenters. The van der Waals surface area contributed by atoms with Gasteiger partial charge in [0, 0.05) is 19.4 Å². The molecule has 86 valence electrons. The Morgan fingerprint density at radius 3 is 2.59 bits per heavy atom. The van der Waals surface area contributed by atoms with Gasteiger partial charge in [-0.15, -0.1) is 0 Å². The van der Waals surface area contributed by atoms with Crippen LogP contribution in [-0.4, -0.2) is 9.55 Å². The maximum Gasteiger partial charge on any atom is 0.267 e. The standard InChI is InChI=1S/C13H12N2O2/c1-15-6-2-3-12(15)11-5-4-10(9-14-11)13-16-7-8-17-13/h2-9,13H,1H3. The van der Waals surface area contributed by atoms with Gasteiger partial charge in [0.05, 0.1) is 17.0 Å². The Hall–Kier alpha value is -2.23. The van der Waals surface area contributed by atoms with Gasteiger partial charge in [-0.05, 0) is 24.3 Å². The fourth-order valence-corrected chi connectivity index (χ4v) is 1.82. The van der Waals surface area contributed by atoms with E-state index < -0.39 is 0 Å². The molecule has 0 N–H and O–H groups in total. The van der Waals surface area contributed by atoms with Crippen molar-refractivity contribution in [3.05, 3.63) is 54.7 Å². The predicted molar refractivity (Wildman–Crippen MR) is 62.7 cm³/mol. The molecule has 4 heteroatoms. The minimum Gasteiger partial charge on any atom is -0.455 e. The van der Waals surface area contributed by atoms with Crippen molar-refractivity contribution in [3.8, 4) is 11.4 Å². The molecule has 4 nitrogen and oxygen atoms in total. The van der Waals surface area contributed by atoms with Gasteiger partial charge in [0.25, 0.3) is 6.29 Å². The maximum atomic E-state index is 5.25. The highest BCUT2D eigenvalue weighted by Gasteiger charge is 2.15. The van der Waals surface area contributed by atoms with E-state index in [4.69, 9.17) is 9.47 Å². The number of hydrogen-bond acceptors (Lipinski definition) is 3. The Morgan fingerprint density at radius 1 is 1.18 bits per heavy atom. The van der Waals surface area contributed by atoms with Gasteiger partial charge in [0.1, 0.15) is 12.5 Å². The summed E-state index contributed by atoms with van der Waals surface area (Å²) in [6, 6.07) is 7.97. The van der Waals surface area contributed by atoms with Crippen molar-refractivity contribution < 1.29 is 9.47 Å². The first kappa shape index (κ1) is 9.96. The molecule has 0 amide bonds. The quantitative estimate of drug-likeness (QED) is 0.792. The van der Waals surface area contributed by atoms with Crippen LogP contribution in [0.25, 0.3) is 11.4 Å². The van der Waals surface area contributed by atoms with Crippen LogP contribution in [0.1, 0.15) is 11.9 Å². The van der Waals surface area contributed by atoms with Crippen molar-refractivity contribution >= 4 is 0 Å². The monoisotopic (exact) mass is 228 g/mol. The second kappa shape index (κ2) is 3.97. The summed E-state index contributed by atoms with van der Waals surface area (Å²) in [4.78, 5) is 4.42. The molecule has 1 aliphatic heterocycles. The molecule has 0 bridgehead atoms. The first-order valence-corrected chi connectivity index (χ1v) is 5.38. The largest absolute Gasteiger partial charge is 0.455 e. The topological polar surface area (TPSA) is 36.3 Å². The Labute approximate surface area is 99.1 Å². The van der Waals surface area contributed by atoms with E-state index in [1.807, 2.05) is 42.1 Å². The van der Waals surface area contributed by atoms with E-state index in [1.54, 1.807) is 6.20 Å². The van der Waals surface area contributed by atoms with Crippen molar-refractivity contribution in [3.63, 3.8) is 0 Å². The van der Waals surface area contributed by atoms with Gasteiger partial charge in [-0.2, -0.15) is 0 Å². The van der Waals surface area contributed by atoms with E-state index in [0.717, 1.165) is 17.0 Å². The summed E-state index contributed by atoms with van der Waals surface area (Å²) in [5.74, 6) is 0. The molecule has 0 spiro atoms. The fourth-order valence-electron chi connectivity index (χ4n) is 1.82. The van der Waals surface area contributed by atoms with Gasteiger partial charge in [0.15, 0.2) is 0 Å². The van der Waals surface area contributed by atoms with E-state index in [2.05, 4.69) is 4.98 Å². The lowest BCUT2D eigenvalue weighted by Crippen LogP contribution is -1.99. The molecular formula is C13H12N2O2. The summed E-state index contributed by atoms with van der Waals surface area (Å²) in [6.45, 7) is 0. The minimum atomic E-state index is -0.357. The lowest BCUT2D eigenvalue weighted by atomic mass is 10.2. The highest BCUT2D eigenvalue weighted by atomic mass is 16.7. The average Bonchev–Trinajstić information content (AvgIpc) is 3.00. The maximum absolute atomic E-state index is 5.25. The van der Waals surface area contributed by atoms with Crippen LogP contribution in [0.4, 0.5) is 0 Å². The molecule has 0 saturated carbocycles. The Kier molecular flexibility index (Phi) is 2.33. The third-order valence-corrected chi connectivity index (χ3v) is 2.72. The van der Waals surface area contributed by atoms with E-state index in [1.165, 1.54) is 12.5 Å². The SMILES string of the molecule is Cn1cccc1-c1ccc(C2OC=CO2)cn1. The predicted octanol–water partition coefficient (Wildman–Crippen LogP) is 2.60. The molecule has 0 fully saturated rings. The van der Waals surface area contributed by atoms with Crippen LogP contribution >= 0.6 is 0 Å². The van der Waals surface area contributed by atoms with Crippen LogP contribution in [0.2, 0.25) is 0 Å². The first-order valence-electron chi connectivity index (χ1n) is 5.38. The Balaban J connectivity index is 1.87. The van der Waals surface area contributed by atoms with Crippen LogP contribution in [-0.2, 0) is 16.5 Å². The zero-order valence-electron chi connectivity index (χ0n) is 9.41. The summed E-state index contributed by atoms with van der Waals surface area (Å²) in [6.07, 6.45) is 6.49. The number of ether oxygens (including phenoxy) is 2. The van der Waals surface area contributed by atoms with Crippen LogP contribution < -0.4 is 0 Å². The number of rotatable bonds is 2. The number of nitrogens with zero attached hydrogens (tertiary/aromatic N) is 2. The summed E-state index contributed by atoms with van der Waals surface area (Å²) in [5, 5.41) is 0. The highest BCUT2D eigenvalue weighted by Crippen LogP contribution is 2.25. The van der Waals surface area contributed by atoms with E-state index >= 15 is 0 Å². The van der Waals surface area contributed by atoms with E-state index in [9.17, 15) is 0 Å². The molecule has 0 aliphatic carbocycles. The van der Waals surface area contributed by atoms with Crippen LogP contribution in [0.5, 0.6) is 0 Å². The molecule has 2 aromatic rings. The molecule has 3 heterocycles. The molecular weight excluding hydrogens is 216 g/mol. The van der Waals surface area contributed by atoms with Crippen molar-refractivity contribution in [1.82, 2.24) is 9.55 Å². The lowest BCUT2D eigenvalue weighted by Gasteiger charge is -2.10. The normalized spacial score (nSPS) is 14.6. The molecule has 1 aliphatic rings. The Morgan fingerprint density at radius 2 is 2.00 bits per heavy atom. The molecule has 17 heavy (non-hydrogen) atoms. The molecule has 0 aromatic carbocycles. The van der Waals surface area contributed by atoms with Crippen LogP contribution in [0.3, 0.4) is 0 Å². The number of hydrogen-bond donors (Lipinski definition) is 0. The molecule has 3 rings (SSSR count).